The highest BCUT2D eigenvalue weighted by Gasteiger charge is 2.14. The Balaban J connectivity index is 0.000000527. The largest absolute Gasteiger partial charge is 0.507 e. The minimum atomic E-state index is 0.153. The lowest BCUT2D eigenvalue weighted by Gasteiger charge is -2.07. The molecule has 35 heavy (non-hydrogen) atoms. The topological polar surface area (TPSA) is 109 Å². The van der Waals surface area contributed by atoms with E-state index in [-0.39, 0.29) is 11.7 Å². The highest BCUT2D eigenvalue weighted by Crippen LogP contribution is 2.27. The van der Waals surface area contributed by atoms with Crippen LogP contribution in [0.5, 0.6) is 5.75 Å². The number of aromatic nitrogens is 4. The van der Waals surface area contributed by atoms with Crippen molar-refractivity contribution in [3.05, 3.63) is 90.0 Å². The van der Waals surface area contributed by atoms with Gasteiger partial charge in [0, 0.05) is 31.6 Å². The third-order valence-electron chi connectivity index (χ3n) is 5.07. The number of fused-ring (bicyclic) bond motifs is 3. The van der Waals surface area contributed by atoms with Gasteiger partial charge in [-0.05, 0) is 23.8 Å². The number of hydrazone groups is 1. The number of carbonyl (C=O) groups excluding carboxylic acids is 1. The number of anilines is 1. The Morgan fingerprint density at radius 1 is 0.971 bits per heavy atom. The number of rotatable bonds is 6. The van der Waals surface area contributed by atoms with Crippen LogP contribution < -0.4 is 5.43 Å². The second kappa shape index (κ2) is 10.9. The molecule has 0 radical (unpaired) electrons. The van der Waals surface area contributed by atoms with E-state index in [9.17, 15) is 9.90 Å². The van der Waals surface area contributed by atoms with Gasteiger partial charge in [-0.2, -0.15) is 10.1 Å². The molecule has 0 spiro atoms. The quantitative estimate of drug-likeness (QED) is 0.223. The van der Waals surface area contributed by atoms with Crippen molar-refractivity contribution < 1.29 is 9.90 Å². The Bertz CT molecular complexity index is 1460. The number of benzene rings is 3. The van der Waals surface area contributed by atoms with Crippen LogP contribution in [-0.2, 0) is 11.3 Å². The fraction of sp³-hybridized carbons (Fsp3) is 0.115. The molecule has 9 heteroatoms. The standard InChI is InChI=1S/C23H18N6O.C3H7NO/c30-20-13-7-4-10-17(20)14-24-27-23-25-22-21(26-28-23)18-11-5-6-12-19(18)29(22)15-16-8-2-1-3-9-16;1-4(2)3-5/h1-14,30H,15H2,(H,25,27,28);3H,1-2H3/b24-14+;. The molecule has 2 N–H and O–H groups in total. The molecule has 5 aromatic rings. The number of hydrogen-bond acceptors (Lipinski definition) is 7. The van der Waals surface area contributed by atoms with Crippen molar-refractivity contribution in [3.8, 4) is 5.75 Å². The number of phenols is 1. The van der Waals surface area contributed by atoms with E-state index in [0.717, 1.165) is 28.5 Å². The predicted octanol–water partition coefficient (Wildman–Crippen LogP) is 3.88. The number of nitrogens with one attached hydrogen (secondary N) is 1. The lowest BCUT2D eigenvalue weighted by molar-refractivity contribution is -0.115. The molecule has 2 aromatic heterocycles. The van der Waals surface area contributed by atoms with Gasteiger partial charge in [0.05, 0.1) is 11.7 Å². The van der Waals surface area contributed by atoms with Crippen LogP contribution in [-0.4, -0.2) is 56.5 Å². The molecule has 3 aromatic carbocycles. The van der Waals surface area contributed by atoms with E-state index in [1.165, 1.54) is 16.7 Å². The highest BCUT2D eigenvalue weighted by atomic mass is 16.3. The van der Waals surface area contributed by atoms with E-state index in [2.05, 4.69) is 48.5 Å². The van der Waals surface area contributed by atoms with Crippen molar-refractivity contribution in [3.63, 3.8) is 0 Å². The van der Waals surface area contributed by atoms with Gasteiger partial charge in [-0.3, -0.25) is 4.79 Å². The molecular weight excluding hydrogens is 442 g/mol. The number of hydrogen-bond donors (Lipinski definition) is 2. The van der Waals surface area contributed by atoms with Gasteiger partial charge in [0.2, 0.25) is 6.41 Å². The fourth-order valence-corrected chi connectivity index (χ4v) is 3.43. The third kappa shape index (κ3) is 5.59. The Labute approximate surface area is 202 Å². The smallest absolute Gasteiger partial charge is 0.265 e. The molecule has 0 aliphatic rings. The summed E-state index contributed by atoms with van der Waals surface area (Å²) in [6.45, 7) is 0.671. The zero-order valence-corrected chi connectivity index (χ0v) is 19.4. The summed E-state index contributed by atoms with van der Waals surface area (Å²) in [5.74, 6) is 0.437. The van der Waals surface area contributed by atoms with E-state index in [1.54, 1.807) is 32.3 Å². The lowest BCUT2D eigenvalue weighted by Crippen LogP contribution is -2.06. The van der Waals surface area contributed by atoms with Crippen LogP contribution in [0.2, 0.25) is 0 Å². The van der Waals surface area contributed by atoms with Crippen molar-refractivity contribution in [2.24, 2.45) is 5.10 Å². The van der Waals surface area contributed by atoms with Gasteiger partial charge in [0.25, 0.3) is 5.95 Å². The van der Waals surface area contributed by atoms with Gasteiger partial charge in [-0.15, -0.1) is 10.2 Å². The summed E-state index contributed by atoms with van der Waals surface area (Å²) >= 11 is 0. The normalized spacial score (nSPS) is 10.8. The van der Waals surface area contributed by atoms with E-state index in [4.69, 9.17) is 0 Å². The summed E-state index contributed by atoms with van der Waals surface area (Å²) < 4.78 is 2.13. The molecule has 0 saturated heterocycles. The molecule has 0 saturated carbocycles. The van der Waals surface area contributed by atoms with Gasteiger partial charge < -0.3 is 14.6 Å². The molecule has 0 unspecified atom stereocenters. The zero-order valence-electron chi connectivity index (χ0n) is 19.4. The molecule has 0 aliphatic carbocycles. The Hall–Kier alpha value is -4.79. The zero-order chi connectivity index (χ0) is 24.6. The predicted molar refractivity (Wildman–Crippen MR) is 137 cm³/mol. The van der Waals surface area contributed by atoms with Crippen molar-refractivity contribution in [1.82, 2.24) is 24.6 Å². The van der Waals surface area contributed by atoms with E-state index < -0.39 is 0 Å². The van der Waals surface area contributed by atoms with E-state index >= 15 is 0 Å². The Morgan fingerprint density at radius 2 is 1.66 bits per heavy atom. The van der Waals surface area contributed by atoms with Gasteiger partial charge in [0.15, 0.2) is 5.65 Å². The molecule has 0 bridgehead atoms. The Morgan fingerprint density at radius 3 is 2.40 bits per heavy atom. The maximum Gasteiger partial charge on any atom is 0.265 e. The Kier molecular flexibility index (Phi) is 7.27. The lowest BCUT2D eigenvalue weighted by atomic mass is 10.2. The molecule has 2 heterocycles. The van der Waals surface area contributed by atoms with Crippen LogP contribution in [0.1, 0.15) is 11.1 Å². The number of carbonyl (C=O) groups is 1. The van der Waals surface area contributed by atoms with Gasteiger partial charge in [-0.25, -0.2) is 5.43 Å². The number of nitrogens with zero attached hydrogens (tertiary/aromatic N) is 6. The van der Waals surface area contributed by atoms with E-state index in [0.29, 0.717) is 12.1 Å². The molecule has 5 rings (SSSR count). The van der Waals surface area contributed by atoms with Crippen LogP contribution in [0.25, 0.3) is 22.1 Å². The van der Waals surface area contributed by atoms with Crippen molar-refractivity contribution >= 4 is 40.6 Å². The number of aromatic hydroxyl groups is 1. The minimum Gasteiger partial charge on any atom is -0.507 e. The summed E-state index contributed by atoms with van der Waals surface area (Å²) in [6, 6.07) is 25.3. The number of phenolic OH excluding ortho intramolecular Hbond substituents is 1. The van der Waals surface area contributed by atoms with Crippen molar-refractivity contribution in [2.45, 2.75) is 6.54 Å². The molecule has 1 amide bonds. The third-order valence-corrected chi connectivity index (χ3v) is 5.07. The first-order chi connectivity index (χ1) is 17.1. The maximum absolute atomic E-state index is 9.84. The molecule has 0 atom stereocenters. The summed E-state index contributed by atoms with van der Waals surface area (Å²) in [5.41, 5.74) is 7.10. The molecule has 0 fully saturated rings. The maximum atomic E-state index is 9.84. The first kappa shape index (κ1) is 23.4. The fourth-order valence-electron chi connectivity index (χ4n) is 3.43. The van der Waals surface area contributed by atoms with Gasteiger partial charge in [-0.1, -0.05) is 60.7 Å². The molecule has 0 aliphatic heterocycles. The second-order valence-corrected chi connectivity index (χ2v) is 7.89. The average molecular weight is 468 g/mol. The minimum absolute atomic E-state index is 0.153. The average Bonchev–Trinajstić information content (AvgIpc) is 3.19. The van der Waals surface area contributed by atoms with Crippen LogP contribution in [0.4, 0.5) is 5.95 Å². The molecule has 176 valence electrons. The van der Waals surface area contributed by atoms with Crippen LogP contribution in [0, 0.1) is 0 Å². The highest BCUT2D eigenvalue weighted by molar-refractivity contribution is 6.04. The number of para-hydroxylation sites is 2. The van der Waals surface area contributed by atoms with Gasteiger partial charge in [0.1, 0.15) is 11.3 Å². The summed E-state index contributed by atoms with van der Waals surface area (Å²) in [4.78, 5) is 15.5. The monoisotopic (exact) mass is 467 g/mol. The first-order valence-corrected chi connectivity index (χ1v) is 10.9. The summed E-state index contributed by atoms with van der Waals surface area (Å²) in [6.07, 6.45) is 2.27. The SMILES string of the molecule is CN(C)C=O.Oc1ccccc1/C=N/Nc1nnc2c3ccccc3n(Cc3ccccc3)c2n1. The van der Waals surface area contributed by atoms with Crippen molar-refractivity contribution in [2.75, 3.05) is 19.5 Å². The molecule has 9 nitrogen and oxygen atoms in total. The summed E-state index contributed by atoms with van der Waals surface area (Å²) in [5, 5.41) is 23.6. The molecular formula is C26H25N7O2. The second-order valence-electron chi connectivity index (χ2n) is 7.89. The van der Waals surface area contributed by atoms with Gasteiger partial charge >= 0.3 is 0 Å². The number of amides is 1. The summed E-state index contributed by atoms with van der Waals surface area (Å²) in [7, 11) is 3.38. The van der Waals surface area contributed by atoms with E-state index in [1.807, 2.05) is 42.5 Å². The van der Waals surface area contributed by atoms with Crippen LogP contribution in [0.15, 0.2) is 84.0 Å². The van der Waals surface area contributed by atoms with Crippen molar-refractivity contribution in [1.29, 1.82) is 0 Å². The first-order valence-electron chi connectivity index (χ1n) is 10.9. The van der Waals surface area contributed by atoms with Crippen LogP contribution >= 0.6 is 0 Å². The van der Waals surface area contributed by atoms with Crippen LogP contribution in [0.3, 0.4) is 0 Å².